The monoisotopic (exact) mass is 350 g/mol. The lowest BCUT2D eigenvalue weighted by atomic mass is 9.93. The maximum absolute atomic E-state index is 11.9. The van der Waals surface area contributed by atoms with E-state index in [0.717, 1.165) is 0 Å². The van der Waals surface area contributed by atoms with E-state index in [9.17, 15) is 24.8 Å². The predicted molar refractivity (Wildman–Crippen MR) is 74.6 cm³/mol. The van der Waals surface area contributed by atoms with Crippen molar-refractivity contribution in [3.05, 3.63) is 0 Å². The summed E-state index contributed by atoms with van der Waals surface area (Å²) >= 11 is 0. The molecule has 5 N–H and O–H groups in total. The molecule has 0 spiro atoms. The number of hydrogen-bond acceptors (Lipinski definition) is 9. The molecule has 0 amide bonds. The van der Waals surface area contributed by atoms with Crippen LogP contribution in [-0.4, -0.2) is 103 Å². The largest absolute Gasteiger partial charge is 0.472 e. The van der Waals surface area contributed by atoms with E-state index in [0.29, 0.717) is 0 Å². The lowest BCUT2D eigenvalue weighted by Crippen LogP contribution is -2.37. The van der Waals surface area contributed by atoms with Crippen LogP contribution >= 0.6 is 7.82 Å². The van der Waals surface area contributed by atoms with Gasteiger partial charge in [0, 0.05) is 12.0 Å². The maximum atomic E-state index is 11.9. The van der Waals surface area contributed by atoms with E-state index < -0.39 is 69.7 Å². The summed E-state index contributed by atoms with van der Waals surface area (Å²) in [6.45, 7) is -1.19. The Balaban J connectivity index is 1.91. The Hall–Kier alpha value is -0.000130. The molecule has 2 aliphatic rings. The van der Waals surface area contributed by atoms with Gasteiger partial charge in [-0.25, -0.2) is 4.57 Å². The molecule has 128 valence electrons. The van der Waals surface area contributed by atoms with Crippen LogP contribution in [0.3, 0.4) is 0 Å². The van der Waals surface area contributed by atoms with Crippen LogP contribution in [0.1, 0.15) is 0 Å². The Kier molecular flexibility index (Phi) is 6.29. The van der Waals surface area contributed by atoms with Gasteiger partial charge < -0.3 is 34.8 Å². The van der Waals surface area contributed by atoms with Gasteiger partial charge in [-0.15, -0.1) is 0 Å². The molecule has 0 aromatic rings. The standard InChI is InChI=1S/C10H17B2O10P/c11-9-6(15)5(14)4(21-9)2-19-23(17,18)22-8-3(1-13)20-10(12)7(8)16/h3-10,13-16H,1-2H2,(H,17,18)/t3-,4-,5?,6?,7?,8?,9-,10-/m1/s1. The van der Waals surface area contributed by atoms with Crippen LogP contribution < -0.4 is 0 Å². The number of phosphoric ester groups is 1. The molecule has 23 heavy (non-hydrogen) atoms. The van der Waals surface area contributed by atoms with Crippen molar-refractivity contribution < 1.29 is 48.4 Å². The highest BCUT2D eigenvalue weighted by Gasteiger charge is 2.46. The van der Waals surface area contributed by atoms with Gasteiger partial charge in [0.05, 0.1) is 19.3 Å². The van der Waals surface area contributed by atoms with Gasteiger partial charge in [-0.2, -0.15) is 0 Å². The van der Waals surface area contributed by atoms with Crippen LogP contribution in [0.4, 0.5) is 0 Å². The van der Waals surface area contributed by atoms with E-state index in [1.807, 2.05) is 0 Å². The topological polar surface area (TPSA) is 155 Å². The number of rotatable bonds is 6. The van der Waals surface area contributed by atoms with E-state index in [1.54, 1.807) is 0 Å². The third-order valence-corrected chi connectivity index (χ3v) is 4.59. The summed E-state index contributed by atoms with van der Waals surface area (Å²) in [6.07, 6.45) is -7.82. The molecule has 2 aliphatic heterocycles. The molecular weight excluding hydrogens is 333 g/mol. The van der Waals surface area contributed by atoms with Crippen LogP contribution in [0, 0.1) is 0 Å². The molecule has 9 atom stereocenters. The number of hydrogen-bond donors (Lipinski definition) is 5. The first-order valence-corrected chi connectivity index (χ1v) is 8.28. The van der Waals surface area contributed by atoms with E-state index in [2.05, 4.69) is 4.52 Å². The van der Waals surface area contributed by atoms with Gasteiger partial charge in [0.15, 0.2) is 0 Å². The van der Waals surface area contributed by atoms with Gasteiger partial charge in [-0.1, -0.05) is 0 Å². The molecular formula is C10H17B2O10P. The quantitative estimate of drug-likeness (QED) is 0.239. The molecule has 13 heteroatoms. The van der Waals surface area contributed by atoms with Crippen molar-refractivity contribution in [2.75, 3.05) is 13.2 Å². The maximum Gasteiger partial charge on any atom is 0.472 e. The van der Waals surface area contributed by atoms with Gasteiger partial charge in [-0.05, 0) is 0 Å². The van der Waals surface area contributed by atoms with Crippen molar-refractivity contribution in [2.24, 2.45) is 0 Å². The van der Waals surface area contributed by atoms with E-state index in [-0.39, 0.29) is 0 Å². The summed E-state index contributed by atoms with van der Waals surface area (Å²) in [6, 6.07) is -2.34. The second kappa shape index (κ2) is 7.49. The molecule has 2 rings (SSSR count). The van der Waals surface area contributed by atoms with E-state index >= 15 is 0 Å². The average molecular weight is 350 g/mol. The van der Waals surface area contributed by atoms with Gasteiger partial charge in [0.2, 0.25) is 0 Å². The lowest BCUT2D eigenvalue weighted by molar-refractivity contribution is -0.0325. The van der Waals surface area contributed by atoms with Gasteiger partial charge in [-0.3, -0.25) is 9.05 Å². The number of aliphatic hydroxyl groups is 4. The number of phosphoric acid groups is 1. The zero-order chi connectivity index (χ0) is 17.4. The lowest BCUT2D eigenvalue weighted by Gasteiger charge is -2.23. The Morgan fingerprint density at radius 1 is 1.00 bits per heavy atom. The first kappa shape index (κ1) is 19.3. The SMILES string of the molecule is [B][C@@H]1O[C@H](COP(=O)(O)OC2C(O)[C@H]([B])O[C@@H]2CO)C(O)C1O. The summed E-state index contributed by atoms with van der Waals surface area (Å²) in [7, 11) is 6.07. The summed E-state index contributed by atoms with van der Waals surface area (Å²) in [5, 5.41) is 37.8. The third-order valence-electron chi connectivity index (χ3n) is 3.61. The molecule has 4 radical (unpaired) electrons. The van der Waals surface area contributed by atoms with Crippen molar-refractivity contribution in [3.63, 3.8) is 0 Å². The van der Waals surface area contributed by atoms with Crippen LogP contribution in [0.15, 0.2) is 0 Å². The van der Waals surface area contributed by atoms with Crippen molar-refractivity contribution in [3.8, 4) is 0 Å². The fourth-order valence-electron chi connectivity index (χ4n) is 2.31. The van der Waals surface area contributed by atoms with Crippen LogP contribution in [-0.2, 0) is 23.1 Å². The summed E-state index contributed by atoms with van der Waals surface area (Å²) in [4.78, 5) is 9.66. The molecule has 5 unspecified atom stereocenters. The smallest absolute Gasteiger partial charge is 0.394 e. The van der Waals surface area contributed by atoms with E-state index in [4.69, 9.17) is 34.8 Å². The predicted octanol–water partition coefficient (Wildman–Crippen LogP) is -3.65. The average Bonchev–Trinajstić information content (AvgIpc) is 2.89. The zero-order valence-corrected chi connectivity index (χ0v) is 12.8. The Labute approximate surface area is 134 Å². The highest BCUT2D eigenvalue weighted by molar-refractivity contribution is 7.47. The number of aliphatic hydroxyl groups excluding tert-OH is 4. The Morgan fingerprint density at radius 3 is 2.09 bits per heavy atom. The van der Waals surface area contributed by atoms with Gasteiger partial charge in [0.25, 0.3) is 0 Å². The molecule has 2 saturated heterocycles. The summed E-state index contributed by atoms with van der Waals surface area (Å²) in [5.74, 6) is 0. The molecule has 10 nitrogen and oxygen atoms in total. The van der Waals surface area contributed by atoms with Crippen LogP contribution in [0.5, 0.6) is 0 Å². The highest BCUT2D eigenvalue weighted by Crippen LogP contribution is 2.47. The second-order valence-electron chi connectivity index (χ2n) is 5.27. The van der Waals surface area contributed by atoms with Gasteiger partial charge in [0.1, 0.15) is 46.2 Å². The Morgan fingerprint density at radius 2 is 1.57 bits per heavy atom. The van der Waals surface area contributed by atoms with Gasteiger partial charge >= 0.3 is 7.82 Å². The van der Waals surface area contributed by atoms with Crippen LogP contribution in [0.25, 0.3) is 0 Å². The summed E-state index contributed by atoms with van der Waals surface area (Å²) in [5.41, 5.74) is 0. The first-order valence-electron chi connectivity index (χ1n) is 6.79. The van der Waals surface area contributed by atoms with E-state index in [1.165, 1.54) is 0 Å². The minimum Gasteiger partial charge on any atom is -0.394 e. The van der Waals surface area contributed by atoms with Crippen molar-refractivity contribution in [1.82, 2.24) is 0 Å². The van der Waals surface area contributed by atoms with Crippen molar-refractivity contribution in [2.45, 2.75) is 48.6 Å². The third kappa shape index (κ3) is 4.35. The van der Waals surface area contributed by atoms with Crippen molar-refractivity contribution in [1.29, 1.82) is 0 Å². The fourth-order valence-corrected chi connectivity index (χ4v) is 3.27. The van der Waals surface area contributed by atoms with Crippen LogP contribution in [0.2, 0.25) is 0 Å². The van der Waals surface area contributed by atoms with Crippen molar-refractivity contribution >= 4 is 23.5 Å². The summed E-state index contributed by atoms with van der Waals surface area (Å²) < 4.78 is 31.3. The normalized spacial score (nSPS) is 46.8. The molecule has 0 aromatic heterocycles. The number of ether oxygens (including phenoxy) is 2. The molecule has 0 saturated carbocycles. The fraction of sp³-hybridized carbons (Fsp3) is 1.00. The Bertz CT molecular complexity index is 455. The molecule has 0 bridgehead atoms. The minimum atomic E-state index is -4.69. The molecule has 2 fully saturated rings. The highest BCUT2D eigenvalue weighted by atomic mass is 31.2. The second-order valence-corrected chi connectivity index (χ2v) is 6.67. The molecule has 0 aromatic carbocycles. The first-order chi connectivity index (χ1) is 10.7. The minimum absolute atomic E-state index is 0.596. The molecule has 2 heterocycles. The molecule has 0 aliphatic carbocycles. The zero-order valence-electron chi connectivity index (χ0n) is 11.9.